The number of nitrogens with zero attached hydrogens (tertiary/aromatic N) is 1. The molecule has 5 heteroatoms. The van der Waals surface area contributed by atoms with Crippen molar-refractivity contribution in [3.8, 4) is 5.75 Å². The van der Waals surface area contributed by atoms with Crippen LogP contribution in [-0.4, -0.2) is 42.1 Å². The van der Waals surface area contributed by atoms with Crippen LogP contribution in [0.15, 0.2) is 24.3 Å². The van der Waals surface area contributed by atoms with Gasteiger partial charge in [-0.3, -0.25) is 9.59 Å². The quantitative estimate of drug-likeness (QED) is 0.906. The predicted octanol–water partition coefficient (Wildman–Crippen LogP) is 2.59. The van der Waals surface area contributed by atoms with Gasteiger partial charge >= 0.3 is 5.97 Å². The van der Waals surface area contributed by atoms with Crippen LogP contribution in [0.5, 0.6) is 5.75 Å². The van der Waals surface area contributed by atoms with Crippen LogP contribution in [0.4, 0.5) is 0 Å². The van der Waals surface area contributed by atoms with Gasteiger partial charge in [0, 0.05) is 19.0 Å². The maximum Gasteiger partial charge on any atom is 0.311 e. The molecule has 0 aliphatic carbocycles. The Labute approximate surface area is 137 Å². The van der Waals surface area contributed by atoms with Gasteiger partial charge in [-0.2, -0.15) is 0 Å². The summed E-state index contributed by atoms with van der Waals surface area (Å²) in [5, 5.41) is 9.37. The third-order valence-electron chi connectivity index (χ3n) is 4.65. The van der Waals surface area contributed by atoms with Gasteiger partial charge in [0.15, 0.2) is 0 Å². The van der Waals surface area contributed by atoms with Crippen LogP contribution in [0.2, 0.25) is 0 Å². The molecule has 1 N–H and O–H groups in total. The molecule has 0 spiro atoms. The molecule has 0 aromatic heterocycles. The molecule has 1 aliphatic heterocycles. The standard InChI is InChI=1S/C18H25NO4/c1-13(11-14-5-7-15(23-3)8-6-14)16(20)19-10-4-9-18(2,12-19)17(21)22/h5-8,13H,4,9-12H2,1-3H3,(H,21,22). The Hall–Kier alpha value is -2.04. The second-order valence-electron chi connectivity index (χ2n) is 6.68. The van der Waals surface area contributed by atoms with Crippen LogP contribution in [0.1, 0.15) is 32.3 Å². The molecule has 0 bridgehead atoms. The van der Waals surface area contributed by atoms with Crippen LogP contribution >= 0.6 is 0 Å². The van der Waals surface area contributed by atoms with E-state index >= 15 is 0 Å². The molecule has 2 rings (SSSR count). The first kappa shape index (κ1) is 17.3. The summed E-state index contributed by atoms with van der Waals surface area (Å²) < 4.78 is 5.13. The number of amides is 1. The zero-order valence-electron chi connectivity index (χ0n) is 14.0. The summed E-state index contributed by atoms with van der Waals surface area (Å²) in [5.74, 6) is -0.161. The molecule has 1 heterocycles. The van der Waals surface area contributed by atoms with E-state index in [0.717, 1.165) is 17.7 Å². The number of likely N-dealkylation sites (tertiary alicyclic amines) is 1. The fraction of sp³-hybridized carbons (Fsp3) is 0.556. The smallest absolute Gasteiger partial charge is 0.311 e. The van der Waals surface area contributed by atoms with Crippen molar-refractivity contribution in [1.29, 1.82) is 0 Å². The molecular formula is C18H25NO4. The van der Waals surface area contributed by atoms with Gasteiger partial charge in [-0.1, -0.05) is 19.1 Å². The number of ether oxygens (including phenoxy) is 1. The summed E-state index contributed by atoms with van der Waals surface area (Å²) in [4.78, 5) is 25.8. The highest BCUT2D eigenvalue weighted by atomic mass is 16.5. The van der Waals surface area contributed by atoms with Gasteiger partial charge in [0.1, 0.15) is 5.75 Å². The first-order valence-corrected chi connectivity index (χ1v) is 8.01. The lowest BCUT2D eigenvalue weighted by Gasteiger charge is -2.38. The van der Waals surface area contributed by atoms with Gasteiger partial charge in [-0.05, 0) is 43.9 Å². The molecule has 0 radical (unpaired) electrons. The zero-order chi connectivity index (χ0) is 17.0. The lowest BCUT2D eigenvalue weighted by atomic mass is 9.81. The summed E-state index contributed by atoms with van der Waals surface area (Å²) in [6.07, 6.45) is 2.01. The maximum atomic E-state index is 12.6. The fourth-order valence-corrected chi connectivity index (χ4v) is 3.12. The average molecular weight is 319 g/mol. The van der Waals surface area contributed by atoms with E-state index in [-0.39, 0.29) is 11.8 Å². The lowest BCUT2D eigenvalue weighted by Crippen LogP contribution is -2.50. The highest BCUT2D eigenvalue weighted by Gasteiger charge is 2.40. The molecule has 1 aromatic carbocycles. The number of carboxylic acid groups (broad SMARTS) is 1. The number of methoxy groups -OCH3 is 1. The van der Waals surface area contributed by atoms with Crippen molar-refractivity contribution < 1.29 is 19.4 Å². The number of carbonyl (C=O) groups is 2. The van der Waals surface area contributed by atoms with E-state index in [1.807, 2.05) is 31.2 Å². The maximum absolute atomic E-state index is 12.6. The number of carbonyl (C=O) groups excluding carboxylic acids is 1. The largest absolute Gasteiger partial charge is 0.497 e. The van der Waals surface area contributed by atoms with Crippen molar-refractivity contribution >= 4 is 11.9 Å². The molecule has 1 amide bonds. The van der Waals surface area contributed by atoms with E-state index in [0.29, 0.717) is 25.9 Å². The van der Waals surface area contributed by atoms with E-state index in [1.165, 1.54) is 0 Å². The molecule has 1 saturated heterocycles. The van der Waals surface area contributed by atoms with Gasteiger partial charge in [-0.25, -0.2) is 0 Å². The normalized spacial score (nSPS) is 22.5. The van der Waals surface area contributed by atoms with Crippen LogP contribution < -0.4 is 4.74 Å². The van der Waals surface area contributed by atoms with Crippen LogP contribution in [-0.2, 0) is 16.0 Å². The van der Waals surface area contributed by atoms with E-state index in [2.05, 4.69) is 0 Å². The fourth-order valence-electron chi connectivity index (χ4n) is 3.12. The Kier molecular flexibility index (Phi) is 5.29. The van der Waals surface area contributed by atoms with Gasteiger partial charge in [0.2, 0.25) is 5.91 Å². The topological polar surface area (TPSA) is 66.8 Å². The van der Waals surface area contributed by atoms with Crippen LogP contribution in [0.3, 0.4) is 0 Å². The van der Waals surface area contributed by atoms with E-state index in [4.69, 9.17) is 4.74 Å². The van der Waals surface area contributed by atoms with Crippen molar-refractivity contribution in [2.45, 2.75) is 33.1 Å². The SMILES string of the molecule is COc1ccc(CC(C)C(=O)N2CCCC(C)(C(=O)O)C2)cc1. The van der Waals surface area contributed by atoms with Gasteiger partial charge in [0.05, 0.1) is 12.5 Å². The van der Waals surface area contributed by atoms with E-state index in [9.17, 15) is 14.7 Å². The zero-order valence-corrected chi connectivity index (χ0v) is 14.0. The Morgan fingerprint density at radius 2 is 2.00 bits per heavy atom. The van der Waals surface area contributed by atoms with Crippen molar-refractivity contribution in [2.24, 2.45) is 11.3 Å². The molecule has 5 nitrogen and oxygen atoms in total. The summed E-state index contributed by atoms with van der Waals surface area (Å²) in [7, 11) is 1.62. The Morgan fingerprint density at radius 1 is 1.35 bits per heavy atom. The Bertz CT molecular complexity index is 569. The van der Waals surface area contributed by atoms with E-state index < -0.39 is 11.4 Å². The second kappa shape index (κ2) is 7.02. The number of aliphatic carboxylic acids is 1. The molecule has 23 heavy (non-hydrogen) atoms. The third-order valence-corrected chi connectivity index (χ3v) is 4.65. The molecule has 1 fully saturated rings. The first-order valence-electron chi connectivity index (χ1n) is 8.01. The van der Waals surface area contributed by atoms with Crippen molar-refractivity contribution in [2.75, 3.05) is 20.2 Å². The summed E-state index contributed by atoms with van der Waals surface area (Å²) in [6, 6.07) is 7.68. The number of hydrogen-bond acceptors (Lipinski definition) is 3. The third kappa shape index (κ3) is 4.03. The molecule has 126 valence electrons. The number of carboxylic acids is 1. The molecule has 2 atom stereocenters. The first-order chi connectivity index (χ1) is 10.9. The average Bonchev–Trinajstić information content (AvgIpc) is 2.54. The van der Waals surface area contributed by atoms with Crippen LogP contribution in [0, 0.1) is 11.3 Å². The number of rotatable bonds is 5. The minimum atomic E-state index is -0.826. The minimum Gasteiger partial charge on any atom is -0.497 e. The summed E-state index contributed by atoms with van der Waals surface area (Å²) >= 11 is 0. The van der Waals surface area contributed by atoms with Crippen LogP contribution in [0.25, 0.3) is 0 Å². The molecule has 1 aromatic rings. The van der Waals surface area contributed by atoms with Crippen molar-refractivity contribution in [3.05, 3.63) is 29.8 Å². The molecule has 2 unspecified atom stereocenters. The Balaban J connectivity index is 1.99. The number of benzene rings is 1. The number of hydrogen-bond donors (Lipinski definition) is 1. The number of piperidine rings is 1. The molecule has 1 aliphatic rings. The van der Waals surface area contributed by atoms with E-state index in [1.54, 1.807) is 18.9 Å². The summed E-state index contributed by atoms with van der Waals surface area (Å²) in [5.41, 5.74) is 0.248. The van der Waals surface area contributed by atoms with Gasteiger partial charge in [-0.15, -0.1) is 0 Å². The summed E-state index contributed by atoms with van der Waals surface area (Å²) in [6.45, 7) is 4.57. The highest BCUT2D eigenvalue weighted by molar-refractivity contribution is 5.81. The van der Waals surface area contributed by atoms with Gasteiger partial charge in [0.25, 0.3) is 0 Å². The van der Waals surface area contributed by atoms with Crippen molar-refractivity contribution in [3.63, 3.8) is 0 Å². The van der Waals surface area contributed by atoms with Gasteiger partial charge < -0.3 is 14.7 Å². The predicted molar refractivity (Wildman–Crippen MR) is 87.4 cm³/mol. The lowest BCUT2D eigenvalue weighted by molar-refractivity contribution is -0.154. The molecular weight excluding hydrogens is 294 g/mol. The highest BCUT2D eigenvalue weighted by Crippen LogP contribution is 2.30. The minimum absolute atomic E-state index is 0.0352. The monoisotopic (exact) mass is 319 g/mol. The Morgan fingerprint density at radius 3 is 2.57 bits per heavy atom. The molecule has 0 saturated carbocycles. The van der Waals surface area contributed by atoms with Crippen molar-refractivity contribution in [1.82, 2.24) is 4.90 Å². The second-order valence-corrected chi connectivity index (χ2v) is 6.68.